The van der Waals surface area contributed by atoms with Crippen molar-refractivity contribution < 1.29 is 26.9 Å². The molecule has 1 unspecified atom stereocenters. The van der Waals surface area contributed by atoms with Crippen molar-refractivity contribution in [2.75, 3.05) is 0 Å². The summed E-state index contributed by atoms with van der Waals surface area (Å²) in [6, 6.07) is 0. The van der Waals surface area contributed by atoms with Crippen LogP contribution in [0.5, 0.6) is 0 Å². The van der Waals surface area contributed by atoms with Crippen LogP contribution in [0.3, 0.4) is 0 Å². The van der Waals surface area contributed by atoms with E-state index in [1.807, 2.05) is 0 Å². The Balaban J connectivity index is 2.99. The van der Waals surface area contributed by atoms with E-state index in [1.54, 1.807) is 0 Å². The van der Waals surface area contributed by atoms with Crippen LogP contribution in [0.15, 0.2) is 23.8 Å². The van der Waals surface area contributed by atoms with Gasteiger partial charge in [0.15, 0.2) is 0 Å². The van der Waals surface area contributed by atoms with E-state index < -0.39 is 34.6 Å². The first kappa shape index (κ1) is 13.6. The van der Waals surface area contributed by atoms with Crippen molar-refractivity contribution >= 4 is 0 Å². The van der Waals surface area contributed by atoms with E-state index in [0.717, 1.165) is 13.0 Å². The van der Waals surface area contributed by atoms with Crippen LogP contribution in [0.1, 0.15) is 13.3 Å². The largest absolute Gasteiger partial charge is 0.458 e. The molecule has 17 heavy (non-hydrogen) atoms. The molecule has 0 bridgehead atoms. The molecule has 1 atom stereocenters. The second kappa shape index (κ2) is 3.78. The molecule has 96 valence electrons. The summed E-state index contributed by atoms with van der Waals surface area (Å²) in [5.41, 5.74) is -2.89. The molecule has 0 N–H and O–H groups in total. The second-order valence-electron chi connectivity index (χ2n) is 3.88. The molecule has 3 nitrogen and oxygen atoms in total. The van der Waals surface area contributed by atoms with Crippen LogP contribution in [-0.4, -0.2) is 22.6 Å². The molecule has 1 aliphatic carbocycles. The zero-order chi connectivity index (χ0) is 13.5. The van der Waals surface area contributed by atoms with Gasteiger partial charge in [0.25, 0.3) is 0 Å². The van der Waals surface area contributed by atoms with Crippen LogP contribution >= 0.6 is 0 Å². The van der Waals surface area contributed by atoms with Crippen LogP contribution in [0, 0.1) is 10.1 Å². The van der Waals surface area contributed by atoms with E-state index in [4.69, 9.17) is 0 Å². The highest BCUT2D eigenvalue weighted by Gasteiger charge is 2.60. The van der Waals surface area contributed by atoms with E-state index in [1.165, 1.54) is 0 Å². The lowest BCUT2D eigenvalue weighted by Crippen LogP contribution is -2.40. The van der Waals surface area contributed by atoms with Crippen molar-refractivity contribution in [1.82, 2.24) is 0 Å². The molecule has 0 saturated heterocycles. The third-order valence-corrected chi connectivity index (χ3v) is 2.49. The van der Waals surface area contributed by atoms with Crippen LogP contribution < -0.4 is 0 Å². The van der Waals surface area contributed by atoms with Crippen LogP contribution in [0.4, 0.5) is 22.0 Å². The molecular formula is C9H8F5NO2. The average molecular weight is 257 g/mol. The SMILES string of the molecule is CC1([N+](=O)[O-])C=CC(C(F)(F)C(F)(F)F)=CC1. The molecule has 0 fully saturated rings. The van der Waals surface area contributed by atoms with Crippen LogP contribution in [0.25, 0.3) is 0 Å². The number of allylic oxidation sites excluding steroid dienone is 2. The van der Waals surface area contributed by atoms with Gasteiger partial charge in [-0.15, -0.1) is 0 Å². The summed E-state index contributed by atoms with van der Waals surface area (Å²) in [7, 11) is 0. The molecule has 0 aliphatic heterocycles. The Morgan fingerprint density at radius 1 is 1.35 bits per heavy atom. The molecule has 1 rings (SSSR count). The zero-order valence-electron chi connectivity index (χ0n) is 8.59. The Morgan fingerprint density at radius 2 is 1.88 bits per heavy atom. The van der Waals surface area contributed by atoms with E-state index in [2.05, 4.69) is 0 Å². The molecule has 0 amide bonds. The van der Waals surface area contributed by atoms with Crippen molar-refractivity contribution in [2.45, 2.75) is 31.0 Å². The second-order valence-corrected chi connectivity index (χ2v) is 3.88. The number of nitrogens with zero attached hydrogens (tertiary/aromatic N) is 1. The predicted octanol–water partition coefficient (Wildman–Crippen LogP) is 3.11. The smallest absolute Gasteiger partial charge is 0.264 e. The molecule has 0 aromatic heterocycles. The number of rotatable bonds is 2. The molecule has 0 aromatic carbocycles. The highest BCUT2D eigenvalue weighted by molar-refractivity contribution is 5.33. The lowest BCUT2D eigenvalue weighted by Gasteiger charge is -2.25. The summed E-state index contributed by atoms with van der Waals surface area (Å²) in [4.78, 5) is 9.81. The van der Waals surface area contributed by atoms with Gasteiger partial charge in [-0.2, -0.15) is 22.0 Å². The Morgan fingerprint density at radius 3 is 2.18 bits per heavy atom. The van der Waals surface area contributed by atoms with Crippen molar-refractivity contribution in [2.24, 2.45) is 0 Å². The fourth-order valence-corrected chi connectivity index (χ4v) is 1.25. The molecule has 0 aromatic rings. The van der Waals surface area contributed by atoms with Gasteiger partial charge in [-0.05, 0) is 12.2 Å². The summed E-state index contributed by atoms with van der Waals surface area (Å²) in [5, 5.41) is 10.5. The van der Waals surface area contributed by atoms with Gasteiger partial charge in [0.1, 0.15) is 0 Å². The summed E-state index contributed by atoms with van der Waals surface area (Å²) in [5.74, 6) is -4.98. The van der Waals surface area contributed by atoms with Gasteiger partial charge in [0.05, 0.1) is 0 Å². The van der Waals surface area contributed by atoms with Gasteiger partial charge < -0.3 is 0 Å². The maximum Gasteiger partial charge on any atom is 0.458 e. The average Bonchev–Trinajstić information content (AvgIpc) is 2.16. The van der Waals surface area contributed by atoms with Gasteiger partial charge in [0, 0.05) is 23.8 Å². The van der Waals surface area contributed by atoms with E-state index in [-0.39, 0.29) is 0 Å². The van der Waals surface area contributed by atoms with Crippen LogP contribution in [-0.2, 0) is 0 Å². The Hall–Kier alpha value is -1.47. The van der Waals surface area contributed by atoms with Gasteiger partial charge >= 0.3 is 12.1 Å². The Kier molecular flexibility index (Phi) is 3.02. The van der Waals surface area contributed by atoms with Crippen LogP contribution in [0.2, 0.25) is 0 Å². The maximum atomic E-state index is 12.9. The molecule has 1 aliphatic rings. The van der Waals surface area contributed by atoms with E-state index in [9.17, 15) is 32.1 Å². The highest BCUT2D eigenvalue weighted by Crippen LogP contribution is 2.43. The first-order chi connectivity index (χ1) is 7.51. The standard InChI is InChI=1S/C9H8F5NO2/c1-7(15(16)17)4-2-6(3-5-7)8(10,11)9(12,13)14/h2-4H,5H2,1H3. The topological polar surface area (TPSA) is 43.1 Å². The summed E-state index contributed by atoms with van der Waals surface area (Å²) < 4.78 is 61.7. The highest BCUT2D eigenvalue weighted by atomic mass is 19.4. The molecule has 8 heteroatoms. The van der Waals surface area contributed by atoms with Gasteiger partial charge in [-0.3, -0.25) is 10.1 Å². The number of hydrogen-bond donors (Lipinski definition) is 0. The lowest BCUT2D eigenvalue weighted by molar-refractivity contribution is -0.549. The molecule has 0 heterocycles. The fraction of sp³-hybridized carbons (Fsp3) is 0.556. The molecule has 0 radical (unpaired) electrons. The number of nitro groups is 1. The first-order valence-electron chi connectivity index (χ1n) is 4.49. The number of hydrogen-bond acceptors (Lipinski definition) is 2. The quantitative estimate of drug-likeness (QED) is 0.433. The summed E-state index contributed by atoms with van der Waals surface area (Å²) in [6.45, 7) is 1.14. The number of alkyl halides is 5. The minimum Gasteiger partial charge on any atom is -0.264 e. The van der Waals surface area contributed by atoms with Crippen molar-refractivity contribution in [3.63, 3.8) is 0 Å². The third-order valence-electron chi connectivity index (χ3n) is 2.49. The predicted molar refractivity (Wildman–Crippen MR) is 48.2 cm³/mol. The summed E-state index contributed by atoms with van der Waals surface area (Å²) in [6.07, 6.45) is -4.44. The summed E-state index contributed by atoms with van der Waals surface area (Å²) >= 11 is 0. The van der Waals surface area contributed by atoms with Crippen molar-refractivity contribution in [3.05, 3.63) is 33.9 Å². The maximum absolute atomic E-state index is 12.9. The lowest BCUT2D eigenvalue weighted by atomic mass is 9.89. The monoisotopic (exact) mass is 257 g/mol. The van der Waals surface area contributed by atoms with Gasteiger partial charge in [0.2, 0.25) is 5.54 Å². The molecule has 0 spiro atoms. The van der Waals surface area contributed by atoms with E-state index >= 15 is 0 Å². The normalized spacial score (nSPS) is 25.6. The first-order valence-corrected chi connectivity index (χ1v) is 4.49. The zero-order valence-corrected chi connectivity index (χ0v) is 8.59. The van der Waals surface area contributed by atoms with E-state index in [0.29, 0.717) is 12.2 Å². The minimum absolute atomic E-state index is 0.458. The Labute approximate surface area is 92.8 Å². The van der Waals surface area contributed by atoms with Crippen molar-refractivity contribution in [1.29, 1.82) is 0 Å². The minimum atomic E-state index is -5.70. The van der Waals surface area contributed by atoms with Crippen molar-refractivity contribution in [3.8, 4) is 0 Å². The number of halogens is 5. The third kappa shape index (κ3) is 2.29. The fourth-order valence-electron chi connectivity index (χ4n) is 1.25. The van der Waals surface area contributed by atoms with Gasteiger partial charge in [-0.25, -0.2) is 0 Å². The molecule has 0 saturated carbocycles. The van der Waals surface area contributed by atoms with Gasteiger partial charge in [-0.1, -0.05) is 6.08 Å². The molecular weight excluding hydrogens is 249 g/mol. The Bertz CT molecular complexity index is 399.